The van der Waals surface area contributed by atoms with Crippen molar-refractivity contribution in [3.8, 4) is 5.75 Å². The van der Waals surface area contributed by atoms with Gasteiger partial charge in [-0.15, -0.1) is 0 Å². The maximum absolute atomic E-state index is 11.1. The summed E-state index contributed by atoms with van der Waals surface area (Å²) in [4.78, 5) is 32.4. The van der Waals surface area contributed by atoms with Crippen molar-refractivity contribution >= 4 is 29.5 Å². The van der Waals surface area contributed by atoms with Crippen molar-refractivity contribution in [3.05, 3.63) is 28.8 Å². The molecule has 0 aliphatic rings. The van der Waals surface area contributed by atoms with Crippen molar-refractivity contribution in [3.63, 3.8) is 0 Å². The first kappa shape index (κ1) is 13.8. The van der Waals surface area contributed by atoms with Crippen molar-refractivity contribution in [1.82, 2.24) is 5.32 Å². The van der Waals surface area contributed by atoms with E-state index >= 15 is 0 Å². The average molecular weight is 273 g/mol. The largest absolute Gasteiger partial charge is 0.481 e. The van der Waals surface area contributed by atoms with E-state index in [4.69, 9.17) is 27.2 Å². The van der Waals surface area contributed by atoms with Gasteiger partial charge < -0.3 is 15.6 Å². The number of benzene rings is 1. The van der Waals surface area contributed by atoms with Crippen molar-refractivity contribution < 1.29 is 24.2 Å². The Morgan fingerprint density at radius 1 is 1.39 bits per heavy atom. The fraction of sp³-hybridized carbons (Fsp3) is 0.100. The number of carbonyl (C=O) groups excluding carboxylic acids is 2. The number of carbonyl (C=O) groups is 3. The number of nitrogens with one attached hydrogen (secondary N) is 1. The lowest BCUT2D eigenvalue weighted by Crippen LogP contribution is -2.38. The van der Waals surface area contributed by atoms with Gasteiger partial charge in [-0.25, -0.2) is 9.59 Å². The molecule has 0 atom stereocenters. The summed E-state index contributed by atoms with van der Waals surface area (Å²) in [5.41, 5.74) is 4.54. The van der Waals surface area contributed by atoms with Crippen LogP contribution >= 0.6 is 11.6 Å². The number of carboxylic acids is 1. The third kappa shape index (κ3) is 3.63. The Kier molecular flexibility index (Phi) is 4.50. The van der Waals surface area contributed by atoms with Gasteiger partial charge in [-0.1, -0.05) is 17.7 Å². The fourth-order valence-corrected chi connectivity index (χ4v) is 1.36. The van der Waals surface area contributed by atoms with Crippen LogP contribution in [0.4, 0.5) is 4.79 Å². The highest BCUT2D eigenvalue weighted by molar-refractivity contribution is 6.32. The summed E-state index contributed by atoms with van der Waals surface area (Å²) < 4.78 is 4.96. The average Bonchev–Trinajstić information content (AvgIpc) is 2.25. The molecule has 7 nitrogen and oxygen atoms in total. The number of amides is 3. The first-order valence-corrected chi connectivity index (χ1v) is 5.03. The predicted octanol–water partition coefficient (Wildman–Crippen LogP) is 0.612. The van der Waals surface area contributed by atoms with E-state index in [1.165, 1.54) is 18.2 Å². The molecule has 0 radical (unpaired) electrons. The van der Waals surface area contributed by atoms with Crippen LogP contribution in [0.3, 0.4) is 0 Å². The number of rotatable bonds is 4. The molecule has 8 heteroatoms. The van der Waals surface area contributed by atoms with Gasteiger partial charge in [-0.2, -0.15) is 0 Å². The Balaban J connectivity index is 2.81. The monoisotopic (exact) mass is 272 g/mol. The quantitative estimate of drug-likeness (QED) is 0.742. The molecule has 4 N–H and O–H groups in total. The Bertz CT molecular complexity index is 503. The molecule has 3 amide bonds. The number of hydrogen-bond acceptors (Lipinski definition) is 4. The molecule has 1 aromatic rings. The second-order valence-corrected chi connectivity index (χ2v) is 3.53. The van der Waals surface area contributed by atoms with Gasteiger partial charge in [0.1, 0.15) is 5.56 Å². The van der Waals surface area contributed by atoms with Crippen LogP contribution in [-0.4, -0.2) is 29.6 Å². The number of urea groups is 1. The standard InChI is InChI=1S/C10H9ClN2O5/c11-6-3-1-2-5(9(15)16)8(6)18-4-7(14)13-10(12)17/h1-3H,4H2,(H,15,16)(H3,12,13,14,17). The number of primary amides is 1. The molecule has 0 fully saturated rings. The maximum Gasteiger partial charge on any atom is 0.339 e. The normalized spacial score (nSPS) is 9.61. The SMILES string of the molecule is NC(=O)NC(=O)COc1c(Cl)cccc1C(=O)O. The molecule has 0 spiro atoms. The Labute approximate surface area is 106 Å². The minimum absolute atomic E-state index is 0.0433. The number of carboxylic acid groups (broad SMARTS) is 1. The maximum atomic E-state index is 11.1. The van der Waals surface area contributed by atoms with E-state index in [9.17, 15) is 14.4 Å². The molecule has 0 saturated carbocycles. The Morgan fingerprint density at radius 3 is 2.61 bits per heavy atom. The first-order chi connectivity index (χ1) is 8.41. The van der Waals surface area contributed by atoms with Gasteiger partial charge in [-0.3, -0.25) is 10.1 Å². The molecule has 0 unspecified atom stereocenters. The number of imide groups is 1. The molecule has 0 aromatic heterocycles. The Morgan fingerprint density at radius 2 is 2.06 bits per heavy atom. The predicted molar refractivity (Wildman–Crippen MR) is 61.6 cm³/mol. The van der Waals surface area contributed by atoms with Gasteiger partial charge in [0, 0.05) is 0 Å². The number of aromatic carboxylic acids is 1. The van der Waals surface area contributed by atoms with Crippen LogP contribution in [0.2, 0.25) is 5.02 Å². The van der Waals surface area contributed by atoms with Crippen LogP contribution in [0, 0.1) is 0 Å². The third-order valence-electron chi connectivity index (χ3n) is 1.81. The van der Waals surface area contributed by atoms with Gasteiger partial charge in [-0.05, 0) is 12.1 Å². The van der Waals surface area contributed by atoms with E-state index < -0.39 is 24.5 Å². The molecule has 0 bridgehead atoms. The molecular weight excluding hydrogens is 264 g/mol. The zero-order valence-corrected chi connectivity index (χ0v) is 9.73. The van der Waals surface area contributed by atoms with Gasteiger partial charge in [0.05, 0.1) is 5.02 Å². The van der Waals surface area contributed by atoms with E-state index in [1.54, 1.807) is 5.32 Å². The second kappa shape index (κ2) is 5.87. The fourth-order valence-electron chi connectivity index (χ4n) is 1.14. The van der Waals surface area contributed by atoms with Gasteiger partial charge in [0.25, 0.3) is 5.91 Å². The van der Waals surface area contributed by atoms with E-state index in [1.807, 2.05) is 0 Å². The number of nitrogens with two attached hydrogens (primary N) is 1. The summed E-state index contributed by atoms with van der Waals surface area (Å²) in [6.45, 7) is -0.576. The summed E-state index contributed by atoms with van der Waals surface area (Å²) >= 11 is 5.75. The topological polar surface area (TPSA) is 119 Å². The number of ether oxygens (including phenoxy) is 1. The summed E-state index contributed by atoms with van der Waals surface area (Å²) in [6.07, 6.45) is 0. The second-order valence-electron chi connectivity index (χ2n) is 3.12. The molecule has 0 aliphatic heterocycles. The number of hydrogen-bond donors (Lipinski definition) is 3. The number of para-hydroxylation sites is 1. The lowest BCUT2D eigenvalue weighted by atomic mass is 10.2. The van der Waals surface area contributed by atoms with Gasteiger partial charge >= 0.3 is 12.0 Å². The lowest BCUT2D eigenvalue weighted by Gasteiger charge is -2.09. The highest BCUT2D eigenvalue weighted by atomic mass is 35.5. The van der Waals surface area contributed by atoms with Crippen molar-refractivity contribution in [2.24, 2.45) is 5.73 Å². The molecular formula is C10H9ClN2O5. The van der Waals surface area contributed by atoms with Crippen LogP contribution < -0.4 is 15.8 Å². The summed E-state index contributed by atoms with van der Waals surface area (Å²) in [5, 5.41) is 10.7. The van der Waals surface area contributed by atoms with Crippen LogP contribution in [0.15, 0.2) is 18.2 Å². The van der Waals surface area contributed by atoms with Crippen molar-refractivity contribution in [1.29, 1.82) is 0 Å². The summed E-state index contributed by atoms with van der Waals surface area (Å²) in [6, 6.07) is 3.09. The van der Waals surface area contributed by atoms with Gasteiger partial charge in [0.2, 0.25) is 0 Å². The van der Waals surface area contributed by atoms with Crippen LogP contribution in [0.25, 0.3) is 0 Å². The van der Waals surface area contributed by atoms with Crippen molar-refractivity contribution in [2.75, 3.05) is 6.61 Å². The minimum Gasteiger partial charge on any atom is -0.481 e. The molecule has 0 saturated heterocycles. The molecule has 18 heavy (non-hydrogen) atoms. The number of halogens is 1. The summed E-state index contributed by atoms with van der Waals surface area (Å²) in [5.74, 6) is -2.20. The zero-order chi connectivity index (χ0) is 13.7. The Hall–Kier alpha value is -2.28. The highest BCUT2D eigenvalue weighted by Crippen LogP contribution is 2.28. The van der Waals surface area contributed by atoms with E-state index in [0.29, 0.717) is 0 Å². The molecule has 96 valence electrons. The smallest absolute Gasteiger partial charge is 0.339 e. The zero-order valence-electron chi connectivity index (χ0n) is 8.97. The first-order valence-electron chi connectivity index (χ1n) is 4.65. The van der Waals surface area contributed by atoms with Gasteiger partial charge in [0.15, 0.2) is 12.4 Å². The minimum atomic E-state index is -1.25. The van der Waals surface area contributed by atoms with E-state index in [0.717, 1.165) is 0 Å². The molecule has 0 aliphatic carbocycles. The van der Waals surface area contributed by atoms with Crippen LogP contribution in [0.5, 0.6) is 5.75 Å². The molecule has 1 rings (SSSR count). The van der Waals surface area contributed by atoms with E-state index in [2.05, 4.69) is 0 Å². The van der Waals surface area contributed by atoms with Crippen LogP contribution in [-0.2, 0) is 4.79 Å². The highest BCUT2D eigenvalue weighted by Gasteiger charge is 2.16. The molecule has 1 aromatic carbocycles. The third-order valence-corrected chi connectivity index (χ3v) is 2.11. The molecule has 0 heterocycles. The van der Waals surface area contributed by atoms with Crippen LogP contribution in [0.1, 0.15) is 10.4 Å². The summed E-state index contributed by atoms with van der Waals surface area (Å²) in [7, 11) is 0. The lowest BCUT2D eigenvalue weighted by molar-refractivity contribution is -0.121. The van der Waals surface area contributed by atoms with E-state index in [-0.39, 0.29) is 16.3 Å². The van der Waals surface area contributed by atoms with Crippen molar-refractivity contribution in [2.45, 2.75) is 0 Å².